The molecule has 0 spiro atoms. The predicted octanol–water partition coefficient (Wildman–Crippen LogP) is 5.14. The molecule has 0 amide bonds. The van der Waals surface area contributed by atoms with Crippen LogP contribution in [0.5, 0.6) is 5.75 Å². The Hall–Kier alpha value is -4.06. The molecule has 168 valence electrons. The molecule has 4 rings (SSSR count). The van der Waals surface area contributed by atoms with Gasteiger partial charge in [0, 0.05) is 34.8 Å². The smallest absolute Gasteiger partial charge is 0.307 e. The number of carbonyl (C=O) groups is 1. The molecule has 0 radical (unpaired) electrons. The fourth-order valence-corrected chi connectivity index (χ4v) is 3.78. The van der Waals surface area contributed by atoms with Gasteiger partial charge in [0.15, 0.2) is 0 Å². The average molecular weight is 443 g/mol. The van der Waals surface area contributed by atoms with Gasteiger partial charge in [0.2, 0.25) is 0 Å². The maximum Gasteiger partial charge on any atom is 0.307 e. The Labute approximate surface area is 192 Å². The molecule has 0 fully saturated rings. The molecule has 0 saturated carbocycles. The van der Waals surface area contributed by atoms with Crippen molar-refractivity contribution in [2.24, 2.45) is 5.16 Å². The summed E-state index contributed by atoms with van der Waals surface area (Å²) in [5.74, 6) is -0.379. The van der Waals surface area contributed by atoms with Crippen LogP contribution in [0.1, 0.15) is 23.6 Å². The molecule has 0 aliphatic heterocycles. The molecular weight excluding hydrogens is 416 g/mol. The number of hydrogen-bond donors (Lipinski definition) is 1. The van der Waals surface area contributed by atoms with E-state index in [9.17, 15) is 9.90 Å². The van der Waals surface area contributed by atoms with E-state index < -0.39 is 5.97 Å². The SMILES string of the molecule is CCO/N=C(\COc1ccccc1CC(=O)O)c1cn(Cc2ccccc2)c2ccccc12. The molecule has 1 N–H and O–H groups in total. The third-order valence-electron chi connectivity index (χ3n) is 5.28. The van der Waals surface area contributed by atoms with Gasteiger partial charge in [-0.15, -0.1) is 0 Å². The Balaban J connectivity index is 1.67. The summed E-state index contributed by atoms with van der Waals surface area (Å²) >= 11 is 0. The number of carboxylic acids is 1. The van der Waals surface area contributed by atoms with E-state index in [1.807, 2.05) is 43.3 Å². The molecule has 33 heavy (non-hydrogen) atoms. The summed E-state index contributed by atoms with van der Waals surface area (Å²) in [5, 5.41) is 14.6. The van der Waals surface area contributed by atoms with Crippen LogP contribution in [0.2, 0.25) is 0 Å². The number of benzene rings is 3. The zero-order valence-corrected chi connectivity index (χ0v) is 18.5. The van der Waals surface area contributed by atoms with Crippen LogP contribution in [-0.4, -0.2) is 34.6 Å². The topological polar surface area (TPSA) is 73.1 Å². The molecule has 4 aromatic rings. The fraction of sp³-hybridized carbons (Fsp3) is 0.185. The van der Waals surface area contributed by atoms with E-state index in [0.29, 0.717) is 23.6 Å². The largest absolute Gasteiger partial charge is 0.487 e. The maximum atomic E-state index is 11.2. The Morgan fingerprint density at radius 1 is 0.970 bits per heavy atom. The van der Waals surface area contributed by atoms with Crippen molar-refractivity contribution in [3.05, 3.63) is 102 Å². The lowest BCUT2D eigenvalue weighted by Gasteiger charge is -2.11. The lowest BCUT2D eigenvalue weighted by molar-refractivity contribution is -0.136. The highest BCUT2D eigenvalue weighted by atomic mass is 16.6. The van der Waals surface area contributed by atoms with Crippen molar-refractivity contribution in [1.29, 1.82) is 0 Å². The highest BCUT2D eigenvalue weighted by Gasteiger charge is 2.16. The Kier molecular flexibility index (Phi) is 7.05. The third kappa shape index (κ3) is 5.41. The molecule has 6 heteroatoms. The lowest BCUT2D eigenvalue weighted by atomic mass is 10.1. The quantitative estimate of drug-likeness (QED) is 0.273. The maximum absolute atomic E-state index is 11.2. The second kappa shape index (κ2) is 10.5. The number of ether oxygens (including phenoxy) is 1. The molecule has 0 saturated heterocycles. The van der Waals surface area contributed by atoms with Crippen LogP contribution in [0.3, 0.4) is 0 Å². The van der Waals surface area contributed by atoms with Crippen LogP contribution < -0.4 is 4.74 Å². The first-order valence-electron chi connectivity index (χ1n) is 10.9. The van der Waals surface area contributed by atoms with Crippen molar-refractivity contribution in [2.75, 3.05) is 13.2 Å². The number of carboxylic acid groups (broad SMARTS) is 1. The minimum atomic E-state index is -0.904. The molecule has 0 unspecified atom stereocenters. The van der Waals surface area contributed by atoms with Gasteiger partial charge in [-0.1, -0.05) is 71.9 Å². The normalized spacial score (nSPS) is 11.5. The van der Waals surface area contributed by atoms with E-state index in [-0.39, 0.29) is 13.0 Å². The van der Waals surface area contributed by atoms with E-state index >= 15 is 0 Å². The Bertz CT molecular complexity index is 1260. The fourth-order valence-electron chi connectivity index (χ4n) is 3.78. The van der Waals surface area contributed by atoms with E-state index in [0.717, 1.165) is 23.0 Å². The average Bonchev–Trinajstić information content (AvgIpc) is 3.19. The molecule has 1 aromatic heterocycles. The lowest BCUT2D eigenvalue weighted by Crippen LogP contribution is -2.15. The summed E-state index contributed by atoms with van der Waals surface area (Å²) in [6, 6.07) is 25.6. The highest BCUT2D eigenvalue weighted by molar-refractivity contribution is 6.11. The summed E-state index contributed by atoms with van der Waals surface area (Å²) < 4.78 is 8.24. The minimum absolute atomic E-state index is 0.107. The molecule has 6 nitrogen and oxygen atoms in total. The van der Waals surface area contributed by atoms with E-state index in [2.05, 4.69) is 40.2 Å². The molecular formula is C27H26N2O4. The molecule has 0 atom stereocenters. The number of nitrogens with zero attached hydrogens (tertiary/aromatic N) is 2. The summed E-state index contributed by atoms with van der Waals surface area (Å²) in [6.07, 6.45) is 1.96. The second-order valence-electron chi connectivity index (χ2n) is 7.60. The van der Waals surface area contributed by atoms with Crippen molar-refractivity contribution >= 4 is 22.6 Å². The van der Waals surface area contributed by atoms with Gasteiger partial charge in [-0.2, -0.15) is 0 Å². The number of para-hydroxylation sites is 2. The molecule has 1 heterocycles. The summed E-state index contributed by atoms with van der Waals surface area (Å²) in [6.45, 7) is 3.19. The third-order valence-corrected chi connectivity index (χ3v) is 5.28. The monoisotopic (exact) mass is 442 g/mol. The predicted molar refractivity (Wildman–Crippen MR) is 129 cm³/mol. The van der Waals surface area contributed by atoms with Crippen molar-refractivity contribution in [2.45, 2.75) is 19.9 Å². The first-order chi connectivity index (χ1) is 16.2. The zero-order chi connectivity index (χ0) is 23.0. The zero-order valence-electron chi connectivity index (χ0n) is 18.5. The number of aliphatic carboxylic acids is 1. The van der Waals surface area contributed by atoms with Crippen LogP contribution in [0.4, 0.5) is 0 Å². The van der Waals surface area contributed by atoms with Gasteiger partial charge in [0.05, 0.1) is 6.42 Å². The molecule has 3 aromatic carbocycles. The van der Waals surface area contributed by atoms with Crippen molar-refractivity contribution in [1.82, 2.24) is 4.57 Å². The standard InChI is InChI=1S/C27H26N2O4/c1-2-33-28-24(19-32-26-15-9-6-12-21(26)16-27(30)31)23-18-29(17-20-10-4-3-5-11-20)25-14-8-7-13-22(23)25/h3-15,18H,2,16-17,19H2,1H3,(H,30,31)/b28-24+. The highest BCUT2D eigenvalue weighted by Crippen LogP contribution is 2.25. The number of fused-ring (bicyclic) bond motifs is 1. The van der Waals surface area contributed by atoms with Gasteiger partial charge in [-0.25, -0.2) is 0 Å². The first-order valence-corrected chi connectivity index (χ1v) is 10.9. The van der Waals surface area contributed by atoms with Crippen LogP contribution in [0.25, 0.3) is 10.9 Å². The van der Waals surface area contributed by atoms with E-state index in [1.165, 1.54) is 5.56 Å². The first kappa shape index (κ1) is 22.1. The Morgan fingerprint density at radius 3 is 2.48 bits per heavy atom. The number of hydrogen-bond acceptors (Lipinski definition) is 4. The summed E-state index contributed by atoms with van der Waals surface area (Å²) in [5.41, 5.74) is 4.47. The van der Waals surface area contributed by atoms with Gasteiger partial charge in [0.25, 0.3) is 0 Å². The van der Waals surface area contributed by atoms with Gasteiger partial charge < -0.3 is 19.2 Å². The van der Waals surface area contributed by atoms with E-state index in [4.69, 9.17) is 9.57 Å². The minimum Gasteiger partial charge on any atom is -0.487 e. The van der Waals surface area contributed by atoms with Crippen molar-refractivity contribution in [3.8, 4) is 5.75 Å². The Morgan fingerprint density at radius 2 is 1.70 bits per heavy atom. The van der Waals surface area contributed by atoms with Crippen LogP contribution >= 0.6 is 0 Å². The molecule has 0 aliphatic carbocycles. The van der Waals surface area contributed by atoms with Gasteiger partial charge >= 0.3 is 5.97 Å². The van der Waals surface area contributed by atoms with Crippen molar-refractivity contribution in [3.63, 3.8) is 0 Å². The summed E-state index contributed by atoms with van der Waals surface area (Å²) in [7, 11) is 0. The van der Waals surface area contributed by atoms with Gasteiger partial charge in [-0.3, -0.25) is 4.79 Å². The van der Waals surface area contributed by atoms with Crippen molar-refractivity contribution < 1.29 is 19.5 Å². The number of aromatic nitrogens is 1. The number of oxime groups is 1. The van der Waals surface area contributed by atoms with Gasteiger partial charge in [-0.05, 0) is 24.6 Å². The number of rotatable bonds is 10. The van der Waals surface area contributed by atoms with Gasteiger partial charge in [0.1, 0.15) is 24.7 Å². The van der Waals surface area contributed by atoms with Crippen LogP contribution in [-0.2, 0) is 22.6 Å². The molecule has 0 bridgehead atoms. The van der Waals surface area contributed by atoms with Crippen LogP contribution in [0.15, 0.2) is 90.2 Å². The summed E-state index contributed by atoms with van der Waals surface area (Å²) in [4.78, 5) is 16.6. The molecule has 0 aliphatic rings. The van der Waals surface area contributed by atoms with Crippen LogP contribution in [0, 0.1) is 0 Å². The second-order valence-corrected chi connectivity index (χ2v) is 7.60. The van der Waals surface area contributed by atoms with E-state index in [1.54, 1.807) is 18.2 Å².